The van der Waals surface area contributed by atoms with Gasteiger partial charge >= 0.3 is 0 Å². The zero-order valence-electron chi connectivity index (χ0n) is 16.7. The minimum Gasteiger partial charge on any atom is -0.360 e. The first-order valence-electron chi connectivity index (χ1n) is 10.7. The third kappa shape index (κ3) is 3.63. The highest BCUT2D eigenvalue weighted by molar-refractivity contribution is 5.81. The Morgan fingerprint density at radius 3 is 2.52 bits per heavy atom. The van der Waals surface area contributed by atoms with E-state index in [1.54, 1.807) is 22.9 Å². The molecule has 2 aliphatic carbocycles. The van der Waals surface area contributed by atoms with Gasteiger partial charge in [0.25, 0.3) is 0 Å². The van der Waals surface area contributed by atoms with E-state index >= 15 is 0 Å². The van der Waals surface area contributed by atoms with Gasteiger partial charge in [0, 0.05) is 12.4 Å². The summed E-state index contributed by atoms with van der Waals surface area (Å²) in [6, 6.07) is 21.6. The number of rotatable bonds is 0. The van der Waals surface area contributed by atoms with Crippen LogP contribution in [0, 0.1) is 0 Å². The lowest BCUT2D eigenvalue weighted by molar-refractivity contribution is 0.676. The van der Waals surface area contributed by atoms with Gasteiger partial charge in [-0.1, -0.05) is 48.5 Å². The molecular formula is C27H26N2. The van der Waals surface area contributed by atoms with Crippen molar-refractivity contribution < 1.29 is 0 Å². The molecule has 0 spiro atoms. The molecular weight excluding hydrogens is 352 g/mol. The predicted molar refractivity (Wildman–Crippen MR) is 123 cm³/mol. The van der Waals surface area contributed by atoms with Gasteiger partial charge in [0.15, 0.2) is 0 Å². The Morgan fingerprint density at radius 1 is 0.655 bits per heavy atom. The molecule has 0 bridgehead atoms. The van der Waals surface area contributed by atoms with E-state index in [0.29, 0.717) is 0 Å². The number of nitrogens with zero attached hydrogens (tertiary/aromatic N) is 1. The Labute approximate surface area is 173 Å². The first kappa shape index (κ1) is 17.9. The van der Waals surface area contributed by atoms with Gasteiger partial charge in [0.1, 0.15) is 0 Å². The second-order valence-electron chi connectivity index (χ2n) is 7.89. The van der Waals surface area contributed by atoms with Crippen molar-refractivity contribution in [3.8, 4) is 11.1 Å². The summed E-state index contributed by atoms with van der Waals surface area (Å²) in [5.41, 5.74) is 11.5. The minimum atomic E-state index is 0.984. The van der Waals surface area contributed by atoms with Crippen LogP contribution in [-0.2, 0) is 25.7 Å². The van der Waals surface area contributed by atoms with Crippen molar-refractivity contribution in [2.75, 3.05) is 5.32 Å². The number of hydrogen-bond acceptors (Lipinski definition) is 2. The highest BCUT2D eigenvalue weighted by Crippen LogP contribution is 2.38. The van der Waals surface area contributed by atoms with Gasteiger partial charge in [0.2, 0.25) is 0 Å². The van der Waals surface area contributed by atoms with Gasteiger partial charge < -0.3 is 5.32 Å². The minimum absolute atomic E-state index is 0.984. The van der Waals surface area contributed by atoms with Gasteiger partial charge in [0.05, 0.1) is 11.4 Å². The molecule has 0 saturated heterocycles. The Bertz CT molecular complexity index is 1090. The molecule has 2 heteroatoms. The van der Waals surface area contributed by atoms with E-state index in [-0.39, 0.29) is 0 Å². The maximum absolute atomic E-state index is 4.21. The summed E-state index contributed by atoms with van der Waals surface area (Å²) >= 11 is 0. The van der Waals surface area contributed by atoms with Crippen molar-refractivity contribution in [1.82, 2.24) is 0 Å². The van der Waals surface area contributed by atoms with E-state index in [1.807, 2.05) is 36.5 Å². The standard InChI is InChI=1S/C18H18.C9H8N2/c1-3-7-15-13(5-1)9-11-18-16-8-4-2-6-14(16)10-12-17(15)18;1-2-5-9-8(4-1)10-6-3-7-11-9/h1,3,5,7,10,12H,2,4,6,8-9,11H2;1-7,10H. The molecule has 29 heavy (non-hydrogen) atoms. The van der Waals surface area contributed by atoms with Gasteiger partial charge in [-0.15, -0.1) is 0 Å². The van der Waals surface area contributed by atoms with Crippen molar-refractivity contribution in [3.63, 3.8) is 0 Å². The number of hydrogen-bond donors (Lipinski definition) is 1. The fourth-order valence-corrected chi connectivity index (χ4v) is 4.72. The lowest BCUT2D eigenvalue weighted by Gasteiger charge is -2.26. The highest BCUT2D eigenvalue weighted by atomic mass is 14.9. The number of anilines is 1. The van der Waals surface area contributed by atoms with Crippen LogP contribution in [0.1, 0.15) is 35.1 Å². The van der Waals surface area contributed by atoms with Crippen LogP contribution in [-0.4, -0.2) is 6.21 Å². The fraction of sp³-hybridized carbons (Fsp3) is 0.222. The van der Waals surface area contributed by atoms with E-state index in [1.165, 1.54) is 55.2 Å². The van der Waals surface area contributed by atoms with Crippen molar-refractivity contribution in [2.45, 2.75) is 38.5 Å². The zero-order chi connectivity index (χ0) is 19.5. The summed E-state index contributed by atoms with van der Waals surface area (Å²) in [5, 5.41) is 3.12. The van der Waals surface area contributed by atoms with Crippen LogP contribution in [0.15, 0.2) is 77.9 Å². The van der Waals surface area contributed by atoms with Gasteiger partial charge in [-0.3, -0.25) is 4.99 Å². The van der Waals surface area contributed by atoms with Crippen LogP contribution in [0.3, 0.4) is 0 Å². The number of allylic oxidation sites excluding steroid dienone is 1. The Kier molecular flexibility index (Phi) is 5.00. The average molecular weight is 379 g/mol. The van der Waals surface area contributed by atoms with Crippen LogP contribution in [0.5, 0.6) is 0 Å². The van der Waals surface area contributed by atoms with Gasteiger partial charge in [-0.25, -0.2) is 0 Å². The first-order chi connectivity index (χ1) is 14.4. The van der Waals surface area contributed by atoms with Crippen molar-refractivity contribution in [3.05, 3.63) is 95.2 Å². The summed E-state index contributed by atoms with van der Waals surface area (Å²) in [7, 11) is 0. The maximum Gasteiger partial charge on any atom is 0.0864 e. The van der Waals surface area contributed by atoms with E-state index in [2.05, 4.69) is 46.7 Å². The van der Waals surface area contributed by atoms with Gasteiger partial charge in [-0.05, 0) is 90.1 Å². The molecule has 0 fully saturated rings. The molecule has 2 nitrogen and oxygen atoms in total. The summed E-state index contributed by atoms with van der Waals surface area (Å²) in [6.45, 7) is 0. The molecule has 0 unspecified atom stereocenters. The van der Waals surface area contributed by atoms with Crippen LogP contribution in [0.2, 0.25) is 0 Å². The number of para-hydroxylation sites is 2. The zero-order valence-corrected chi connectivity index (χ0v) is 16.7. The number of fused-ring (bicyclic) bond motifs is 6. The molecule has 3 aromatic carbocycles. The summed E-state index contributed by atoms with van der Waals surface area (Å²) < 4.78 is 0. The lowest BCUT2D eigenvalue weighted by Crippen LogP contribution is -2.12. The Hall–Kier alpha value is -3.13. The Morgan fingerprint density at radius 2 is 1.52 bits per heavy atom. The van der Waals surface area contributed by atoms with Gasteiger partial charge in [-0.2, -0.15) is 0 Å². The highest BCUT2D eigenvalue weighted by Gasteiger charge is 2.21. The molecule has 144 valence electrons. The normalized spacial score (nSPS) is 15.4. The van der Waals surface area contributed by atoms with E-state index < -0.39 is 0 Å². The molecule has 3 aliphatic rings. The van der Waals surface area contributed by atoms with Crippen LogP contribution in [0.25, 0.3) is 11.1 Å². The summed E-state index contributed by atoms with van der Waals surface area (Å²) in [4.78, 5) is 4.21. The average Bonchev–Trinajstić information content (AvgIpc) is 3.05. The fourth-order valence-electron chi connectivity index (χ4n) is 4.72. The predicted octanol–water partition coefficient (Wildman–Crippen LogP) is 6.66. The van der Waals surface area contributed by atoms with E-state index in [9.17, 15) is 0 Å². The molecule has 1 heterocycles. The maximum atomic E-state index is 4.21. The first-order valence-corrected chi connectivity index (χ1v) is 10.7. The van der Waals surface area contributed by atoms with E-state index in [4.69, 9.17) is 0 Å². The quantitative estimate of drug-likeness (QED) is 0.465. The molecule has 1 N–H and O–H groups in total. The largest absolute Gasteiger partial charge is 0.360 e. The molecule has 3 aromatic rings. The molecule has 1 aliphatic heterocycles. The number of aryl methyl sites for hydroxylation is 2. The second-order valence-corrected chi connectivity index (χ2v) is 7.89. The summed E-state index contributed by atoms with van der Waals surface area (Å²) in [5.74, 6) is 0. The number of aliphatic imine (C=N–C) groups is 1. The monoisotopic (exact) mass is 378 g/mol. The second kappa shape index (κ2) is 8.08. The van der Waals surface area contributed by atoms with E-state index in [0.717, 1.165) is 11.4 Å². The van der Waals surface area contributed by atoms with Crippen LogP contribution >= 0.6 is 0 Å². The third-order valence-corrected chi connectivity index (χ3v) is 6.14. The summed E-state index contributed by atoms with van der Waals surface area (Å²) in [6.07, 6.45) is 13.3. The molecule has 6 rings (SSSR count). The molecule has 0 aromatic heterocycles. The lowest BCUT2D eigenvalue weighted by atomic mass is 9.78. The van der Waals surface area contributed by atoms with Crippen LogP contribution in [0.4, 0.5) is 11.4 Å². The SMILES string of the molecule is C1=CNc2ccccc2N=C1.c1ccc2c(c1)CCc1c-2ccc2c1CCCC2. The van der Waals surface area contributed by atoms with Crippen molar-refractivity contribution in [2.24, 2.45) is 4.99 Å². The van der Waals surface area contributed by atoms with Crippen molar-refractivity contribution in [1.29, 1.82) is 0 Å². The Balaban J connectivity index is 0.000000142. The topological polar surface area (TPSA) is 24.4 Å². The van der Waals surface area contributed by atoms with Crippen LogP contribution < -0.4 is 5.32 Å². The van der Waals surface area contributed by atoms with Crippen molar-refractivity contribution >= 4 is 17.6 Å². The third-order valence-electron chi connectivity index (χ3n) is 6.14. The molecule has 0 atom stereocenters. The molecule has 0 radical (unpaired) electrons. The number of benzene rings is 3. The molecule has 0 amide bonds. The smallest absolute Gasteiger partial charge is 0.0864 e. The number of nitrogens with one attached hydrogen (secondary N) is 1. The molecule has 0 saturated carbocycles.